The van der Waals surface area contributed by atoms with Crippen molar-refractivity contribution in [2.45, 2.75) is 52.4 Å². The summed E-state index contributed by atoms with van der Waals surface area (Å²) in [6.45, 7) is 21.8. The summed E-state index contributed by atoms with van der Waals surface area (Å²) in [6, 6.07) is 118. The second-order valence-electron chi connectivity index (χ2n) is 28.7. The van der Waals surface area contributed by atoms with Crippen LogP contribution in [0.15, 0.2) is 315 Å². The van der Waals surface area contributed by atoms with Crippen LogP contribution in [0.1, 0.15) is 58.2 Å². The SMILES string of the molecule is [C-]#[N+]c1cccc(-c2cc(-c3ccccc3)c(N3c4cc(-n5c6ccccc6c6ccccc65)ccc4B4c5cc(-c6ccc(C(C)(C)C)cc6)ccc5N(c5c(-c6ccccc6)cc(-c6cccc(C#N)c6)cc5-c5ccccc5)c5cc(C(C)(C)C)cc3c54)c(-c3ccccc3)c2)c1. The summed E-state index contributed by atoms with van der Waals surface area (Å²) in [4.78, 5) is 9.24. The van der Waals surface area contributed by atoms with E-state index in [1.54, 1.807) is 0 Å². The van der Waals surface area contributed by atoms with Gasteiger partial charge in [-0.2, -0.15) is 5.26 Å². The van der Waals surface area contributed by atoms with Crippen LogP contribution in [0.3, 0.4) is 0 Å². The number of rotatable bonds is 10. The number of nitrogens with zero attached hydrogens (tertiary/aromatic N) is 5. The van der Waals surface area contributed by atoms with Crippen molar-refractivity contribution in [2.75, 3.05) is 9.80 Å². The lowest BCUT2D eigenvalue weighted by Crippen LogP contribution is -2.61. The summed E-state index contributed by atoms with van der Waals surface area (Å²) in [5.41, 5.74) is 31.3. The average molecular weight is 1280 g/mol. The third kappa shape index (κ3) is 10.5. The van der Waals surface area contributed by atoms with E-state index in [9.17, 15) is 5.26 Å². The molecule has 15 aromatic rings. The van der Waals surface area contributed by atoms with Gasteiger partial charge in [-0.25, -0.2) is 4.85 Å². The number of hydrogen-bond acceptors (Lipinski definition) is 3. The van der Waals surface area contributed by atoms with E-state index in [0.29, 0.717) is 11.3 Å². The molecular formula is C94H70BN5. The molecule has 0 atom stereocenters. The minimum atomic E-state index is -0.366. The molecule has 2 aliphatic heterocycles. The van der Waals surface area contributed by atoms with Crippen molar-refractivity contribution in [3.05, 3.63) is 344 Å². The molecule has 2 aliphatic rings. The van der Waals surface area contributed by atoms with E-state index in [-0.39, 0.29) is 17.5 Å². The van der Waals surface area contributed by atoms with Crippen LogP contribution in [-0.2, 0) is 10.8 Å². The van der Waals surface area contributed by atoms with Gasteiger partial charge in [0.2, 0.25) is 0 Å². The standard InChI is InChI=1S/C94H70BN5/c1-93(2,3)72-45-42-62(43-46-72)69-44-49-86-83(56-69)95-82-48-47-75(98-84-40-22-20-38-76(84)77-39-21-23-41-85(77)98)59-87(82)100(92-80(65-31-16-10-17-32-65)54-71(68-36-25-37-74(51-68)97-7)55-81(92)66-33-18-11-19-34-66)89-58-73(94(4,5)6)57-88(90(89)95)99(86)91-78(63-27-12-8-13-28-63)52-70(67-35-24-26-61(50-67)60-96)53-79(91)64-29-14-9-15-30-64/h8-59H,1-6H3. The van der Waals surface area contributed by atoms with Crippen molar-refractivity contribution < 1.29 is 0 Å². The zero-order chi connectivity index (χ0) is 68.0. The first-order chi connectivity index (χ1) is 48.8. The maximum Gasteiger partial charge on any atom is 0.252 e. The second-order valence-corrected chi connectivity index (χ2v) is 28.7. The van der Waals surface area contributed by atoms with Gasteiger partial charge < -0.3 is 14.4 Å². The molecule has 474 valence electrons. The predicted octanol–water partition coefficient (Wildman–Crippen LogP) is 23.6. The molecule has 0 saturated carbocycles. The van der Waals surface area contributed by atoms with Gasteiger partial charge in [-0.15, -0.1) is 0 Å². The molecule has 5 nitrogen and oxygen atoms in total. The van der Waals surface area contributed by atoms with E-state index in [0.717, 1.165) is 129 Å². The minimum absolute atomic E-state index is 0.0256. The Morgan fingerprint density at radius 2 is 0.780 bits per heavy atom. The molecule has 1 aromatic heterocycles. The molecule has 0 aliphatic carbocycles. The highest BCUT2D eigenvalue weighted by atomic mass is 15.2. The lowest BCUT2D eigenvalue weighted by molar-refractivity contribution is 0.590. The number of anilines is 6. The summed E-state index contributed by atoms with van der Waals surface area (Å²) in [5.74, 6) is 0. The molecule has 3 heterocycles. The van der Waals surface area contributed by atoms with Crippen LogP contribution in [0.25, 0.3) is 110 Å². The quantitative estimate of drug-likeness (QED) is 0.101. The van der Waals surface area contributed by atoms with Crippen molar-refractivity contribution in [2.24, 2.45) is 0 Å². The lowest BCUT2D eigenvalue weighted by atomic mass is 9.33. The third-order valence-electron chi connectivity index (χ3n) is 20.5. The number of aromatic nitrogens is 1. The van der Waals surface area contributed by atoms with Gasteiger partial charge >= 0.3 is 0 Å². The molecule has 0 unspecified atom stereocenters. The zero-order valence-electron chi connectivity index (χ0n) is 56.8. The Labute approximate surface area is 586 Å². The van der Waals surface area contributed by atoms with Crippen LogP contribution >= 0.6 is 0 Å². The highest BCUT2D eigenvalue weighted by Crippen LogP contribution is 2.56. The third-order valence-corrected chi connectivity index (χ3v) is 20.5. The summed E-state index contributed by atoms with van der Waals surface area (Å²) in [5, 5.41) is 12.8. The Bertz CT molecular complexity index is 5650. The number of para-hydroxylation sites is 2. The number of fused-ring (bicyclic) bond motifs is 7. The fourth-order valence-corrected chi connectivity index (χ4v) is 15.5. The molecule has 6 heteroatoms. The van der Waals surface area contributed by atoms with Gasteiger partial charge in [0, 0.05) is 61.5 Å². The Morgan fingerprint density at radius 1 is 0.340 bits per heavy atom. The summed E-state index contributed by atoms with van der Waals surface area (Å²) >= 11 is 0. The molecule has 0 spiro atoms. The molecule has 0 N–H and O–H groups in total. The first-order valence-corrected chi connectivity index (χ1v) is 34.5. The maximum absolute atomic E-state index is 10.4. The fourth-order valence-electron chi connectivity index (χ4n) is 15.5. The maximum atomic E-state index is 10.4. The normalized spacial score (nSPS) is 12.4. The van der Waals surface area contributed by atoms with Crippen molar-refractivity contribution in [1.29, 1.82) is 5.26 Å². The monoisotopic (exact) mass is 1280 g/mol. The zero-order valence-corrected chi connectivity index (χ0v) is 56.8. The van der Waals surface area contributed by atoms with Crippen LogP contribution in [0.5, 0.6) is 0 Å². The van der Waals surface area contributed by atoms with E-state index in [1.165, 1.54) is 38.3 Å². The van der Waals surface area contributed by atoms with Gasteiger partial charge in [-0.1, -0.05) is 272 Å². The van der Waals surface area contributed by atoms with Crippen molar-refractivity contribution in [1.82, 2.24) is 4.57 Å². The van der Waals surface area contributed by atoms with E-state index in [4.69, 9.17) is 6.57 Å². The molecule has 0 fully saturated rings. The minimum Gasteiger partial charge on any atom is -0.310 e. The predicted molar refractivity (Wildman–Crippen MR) is 421 cm³/mol. The topological polar surface area (TPSA) is 39.6 Å². The van der Waals surface area contributed by atoms with Crippen LogP contribution in [-0.4, -0.2) is 11.3 Å². The largest absolute Gasteiger partial charge is 0.310 e. The van der Waals surface area contributed by atoms with Crippen LogP contribution in [0.2, 0.25) is 0 Å². The average Bonchev–Trinajstić information content (AvgIpc) is 0.708. The Kier molecular flexibility index (Phi) is 14.8. The van der Waals surface area contributed by atoms with Gasteiger partial charge in [0.1, 0.15) is 0 Å². The highest BCUT2D eigenvalue weighted by Gasteiger charge is 2.46. The molecule has 14 aromatic carbocycles. The van der Waals surface area contributed by atoms with Gasteiger partial charge in [-0.05, 0) is 179 Å². The van der Waals surface area contributed by atoms with E-state index >= 15 is 0 Å². The Balaban J connectivity index is 1.06. The van der Waals surface area contributed by atoms with Crippen molar-refractivity contribution >= 4 is 84.7 Å². The molecule has 100 heavy (non-hydrogen) atoms. The molecule has 17 rings (SSSR count). The summed E-state index contributed by atoms with van der Waals surface area (Å²) in [7, 11) is 0. The van der Waals surface area contributed by atoms with E-state index < -0.39 is 0 Å². The summed E-state index contributed by atoms with van der Waals surface area (Å²) < 4.78 is 2.46. The first-order valence-electron chi connectivity index (χ1n) is 34.5. The lowest BCUT2D eigenvalue weighted by Gasteiger charge is -2.46. The molecular weight excluding hydrogens is 1210 g/mol. The first kappa shape index (κ1) is 61.1. The van der Waals surface area contributed by atoms with E-state index in [1.807, 2.05) is 36.4 Å². The van der Waals surface area contributed by atoms with E-state index in [2.05, 4.69) is 346 Å². The Morgan fingerprint density at radius 3 is 1.27 bits per heavy atom. The Hall–Kier alpha value is -12.5. The van der Waals surface area contributed by atoms with Crippen molar-refractivity contribution in [3.8, 4) is 89.6 Å². The second kappa shape index (κ2) is 24.3. The smallest absolute Gasteiger partial charge is 0.252 e. The molecule has 0 bridgehead atoms. The number of nitriles is 1. The number of hydrogen-bond donors (Lipinski definition) is 0. The molecule has 0 radical (unpaired) electrons. The summed E-state index contributed by atoms with van der Waals surface area (Å²) in [6.07, 6.45) is 0. The number of benzene rings is 14. The highest BCUT2D eigenvalue weighted by molar-refractivity contribution is 7.00. The van der Waals surface area contributed by atoms with Crippen LogP contribution < -0.4 is 26.2 Å². The van der Waals surface area contributed by atoms with Gasteiger partial charge in [-0.3, -0.25) is 0 Å². The van der Waals surface area contributed by atoms with Gasteiger partial charge in [0.25, 0.3) is 6.71 Å². The van der Waals surface area contributed by atoms with Gasteiger partial charge in [0.15, 0.2) is 5.69 Å². The van der Waals surface area contributed by atoms with Crippen molar-refractivity contribution in [3.63, 3.8) is 0 Å². The van der Waals surface area contributed by atoms with Gasteiger partial charge in [0.05, 0.1) is 40.6 Å². The van der Waals surface area contributed by atoms with Crippen LogP contribution in [0.4, 0.5) is 39.8 Å². The van der Waals surface area contributed by atoms with Crippen LogP contribution in [0, 0.1) is 17.9 Å². The molecule has 0 saturated heterocycles. The molecule has 0 amide bonds. The fraction of sp³-hybridized carbons (Fsp3) is 0.0851.